The van der Waals surface area contributed by atoms with E-state index in [4.69, 9.17) is 11.6 Å². The molecule has 0 radical (unpaired) electrons. The first-order valence-electron chi connectivity index (χ1n) is 9.03. The summed E-state index contributed by atoms with van der Waals surface area (Å²) < 4.78 is 14.6. The van der Waals surface area contributed by atoms with E-state index >= 15 is 0 Å². The summed E-state index contributed by atoms with van der Waals surface area (Å²) in [5.41, 5.74) is 2.13. The maximum atomic E-state index is 14.6. The van der Waals surface area contributed by atoms with Crippen LogP contribution in [0.15, 0.2) is 60.9 Å². The normalized spacial score (nSPS) is 15.0. The Kier molecular flexibility index (Phi) is 5.21. The van der Waals surface area contributed by atoms with Gasteiger partial charge in [0, 0.05) is 47.8 Å². The first kappa shape index (κ1) is 17.7. The van der Waals surface area contributed by atoms with E-state index in [1.165, 1.54) is 0 Å². The number of piperidine rings is 1. The maximum Gasteiger partial charge on any atom is 0.225 e. The molecule has 3 aromatic rings. The first-order chi connectivity index (χ1) is 13.2. The van der Waals surface area contributed by atoms with Crippen LogP contribution in [-0.4, -0.2) is 29.1 Å². The molecule has 4 rings (SSSR count). The number of halogens is 2. The van der Waals surface area contributed by atoms with Crippen molar-refractivity contribution >= 4 is 23.2 Å². The van der Waals surface area contributed by atoms with Crippen LogP contribution >= 0.6 is 11.6 Å². The Labute approximate surface area is 163 Å². The fourth-order valence-electron chi connectivity index (χ4n) is 3.41. The predicted octanol–water partition coefficient (Wildman–Crippen LogP) is 5.02. The van der Waals surface area contributed by atoms with Crippen molar-refractivity contribution in [2.24, 2.45) is 0 Å². The summed E-state index contributed by atoms with van der Waals surface area (Å²) in [6.07, 6.45) is 5.43. The van der Waals surface area contributed by atoms with Gasteiger partial charge >= 0.3 is 0 Å². The molecule has 0 bridgehead atoms. The largest absolute Gasteiger partial charge is 0.382 e. The van der Waals surface area contributed by atoms with Crippen molar-refractivity contribution in [2.75, 3.05) is 23.3 Å². The van der Waals surface area contributed by atoms with Crippen molar-refractivity contribution in [3.8, 4) is 11.1 Å². The van der Waals surface area contributed by atoms with Crippen LogP contribution in [0.3, 0.4) is 0 Å². The van der Waals surface area contributed by atoms with Gasteiger partial charge in [0.25, 0.3) is 0 Å². The van der Waals surface area contributed by atoms with E-state index < -0.39 is 0 Å². The number of hydrogen-bond donors (Lipinski definition) is 1. The van der Waals surface area contributed by atoms with Gasteiger partial charge in [0.05, 0.1) is 0 Å². The zero-order chi connectivity index (χ0) is 18.6. The van der Waals surface area contributed by atoms with Gasteiger partial charge in [-0.1, -0.05) is 23.7 Å². The second kappa shape index (κ2) is 7.92. The Morgan fingerprint density at radius 2 is 1.78 bits per heavy atom. The van der Waals surface area contributed by atoms with Crippen molar-refractivity contribution in [1.82, 2.24) is 9.97 Å². The number of hydrogen-bond acceptors (Lipinski definition) is 4. The van der Waals surface area contributed by atoms with E-state index in [0.29, 0.717) is 16.6 Å². The third-order valence-corrected chi connectivity index (χ3v) is 5.04. The minimum atomic E-state index is -0.252. The zero-order valence-corrected chi connectivity index (χ0v) is 15.5. The molecule has 0 amide bonds. The minimum absolute atomic E-state index is 0.252. The van der Waals surface area contributed by atoms with E-state index in [-0.39, 0.29) is 5.82 Å². The molecule has 0 unspecified atom stereocenters. The van der Waals surface area contributed by atoms with Crippen LogP contribution in [-0.2, 0) is 0 Å². The van der Waals surface area contributed by atoms with E-state index in [9.17, 15) is 4.39 Å². The van der Waals surface area contributed by atoms with E-state index in [1.807, 2.05) is 24.3 Å². The van der Waals surface area contributed by atoms with Crippen LogP contribution in [0.4, 0.5) is 16.0 Å². The van der Waals surface area contributed by atoms with Gasteiger partial charge < -0.3 is 10.2 Å². The average Bonchev–Trinajstić information content (AvgIpc) is 2.69. The van der Waals surface area contributed by atoms with E-state index in [2.05, 4.69) is 20.2 Å². The molecule has 1 N–H and O–H groups in total. The summed E-state index contributed by atoms with van der Waals surface area (Å²) in [5.74, 6) is 0.519. The van der Waals surface area contributed by atoms with Crippen LogP contribution < -0.4 is 10.2 Å². The smallest absolute Gasteiger partial charge is 0.225 e. The van der Waals surface area contributed by atoms with Gasteiger partial charge in [0.15, 0.2) is 0 Å². The molecule has 2 heterocycles. The molecular formula is C21H20ClFN4. The summed E-state index contributed by atoms with van der Waals surface area (Å²) in [6, 6.07) is 14.7. The lowest BCUT2D eigenvalue weighted by Gasteiger charge is -2.32. The molecule has 1 aromatic heterocycles. The molecule has 1 aliphatic heterocycles. The summed E-state index contributed by atoms with van der Waals surface area (Å²) >= 11 is 6.02. The first-order valence-corrected chi connectivity index (χ1v) is 9.41. The molecule has 1 saturated heterocycles. The van der Waals surface area contributed by atoms with Crippen molar-refractivity contribution in [3.63, 3.8) is 0 Å². The molecule has 0 aliphatic carbocycles. The van der Waals surface area contributed by atoms with Crippen LogP contribution in [0, 0.1) is 5.82 Å². The van der Waals surface area contributed by atoms with E-state index in [1.54, 1.807) is 36.7 Å². The highest BCUT2D eigenvalue weighted by molar-refractivity contribution is 6.30. The Bertz CT molecular complexity index is 911. The molecule has 0 atom stereocenters. The highest BCUT2D eigenvalue weighted by Crippen LogP contribution is 2.28. The molecule has 27 heavy (non-hydrogen) atoms. The summed E-state index contributed by atoms with van der Waals surface area (Å²) in [4.78, 5) is 10.8. The van der Waals surface area contributed by atoms with Crippen LogP contribution in [0.25, 0.3) is 11.1 Å². The number of rotatable bonds is 4. The highest BCUT2D eigenvalue weighted by atomic mass is 35.5. The molecule has 1 fully saturated rings. The Balaban J connectivity index is 1.40. The van der Waals surface area contributed by atoms with Crippen molar-refractivity contribution < 1.29 is 4.39 Å². The molecule has 6 heteroatoms. The monoisotopic (exact) mass is 382 g/mol. The SMILES string of the molecule is Fc1cc(NC2CCN(c3ncccn3)CC2)ccc1-c1cccc(Cl)c1. The zero-order valence-electron chi connectivity index (χ0n) is 14.8. The van der Waals surface area contributed by atoms with Crippen LogP contribution in [0.2, 0.25) is 5.02 Å². The third kappa shape index (κ3) is 4.19. The minimum Gasteiger partial charge on any atom is -0.382 e. The lowest BCUT2D eigenvalue weighted by atomic mass is 10.0. The average molecular weight is 383 g/mol. The fourth-order valence-corrected chi connectivity index (χ4v) is 3.60. The molecule has 0 saturated carbocycles. The lowest BCUT2D eigenvalue weighted by Crippen LogP contribution is -2.39. The molecule has 0 spiro atoms. The summed E-state index contributed by atoms with van der Waals surface area (Å²) in [6.45, 7) is 1.76. The summed E-state index contributed by atoms with van der Waals surface area (Å²) in [5, 5.41) is 4.05. The van der Waals surface area contributed by atoms with Gasteiger partial charge in [0.2, 0.25) is 5.95 Å². The quantitative estimate of drug-likeness (QED) is 0.688. The molecular weight excluding hydrogens is 363 g/mol. The van der Waals surface area contributed by atoms with Gasteiger partial charge in [-0.3, -0.25) is 0 Å². The van der Waals surface area contributed by atoms with Gasteiger partial charge in [-0.05, 0) is 54.8 Å². The molecule has 138 valence electrons. The Morgan fingerprint density at radius 1 is 1.00 bits per heavy atom. The number of anilines is 2. The van der Waals surface area contributed by atoms with Crippen molar-refractivity contribution in [2.45, 2.75) is 18.9 Å². The van der Waals surface area contributed by atoms with Crippen LogP contribution in [0.5, 0.6) is 0 Å². The van der Waals surface area contributed by atoms with Gasteiger partial charge in [-0.15, -0.1) is 0 Å². The maximum absolute atomic E-state index is 14.6. The number of nitrogens with one attached hydrogen (secondary N) is 1. The molecule has 2 aromatic carbocycles. The summed E-state index contributed by atoms with van der Waals surface area (Å²) in [7, 11) is 0. The second-order valence-electron chi connectivity index (χ2n) is 6.66. The third-order valence-electron chi connectivity index (χ3n) is 4.81. The standard InChI is InChI=1S/C21H20ClFN4/c22-16-4-1-3-15(13-16)19-6-5-18(14-20(19)23)26-17-7-11-27(12-8-17)21-24-9-2-10-25-21/h1-6,9-10,13-14,17,26H,7-8,11-12H2. The van der Waals surface area contributed by atoms with Crippen molar-refractivity contribution in [3.05, 3.63) is 71.8 Å². The molecule has 4 nitrogen and oxygen atoms in total. The number of benzene rings is 2. The molecule has 1 aliphatic rings. The number of nitrogens with zero attached hydrogens (tertiary/aromatic N) is 3. The van der Waals surface area contributed by atoms with Gasteiger partial charge in [0.1, 0.15) is 5.82 Å². The topological polar surface area (TPSA) is 41.0 Å². The highest BCUT2D eigenvalue weighted by Gasteiger charge is 2.21. The number of aromatic nitrogens is 2. The van der Waals surface area contributed by atoms with Crippen LogP contribution in [0.1, 0.15) is 12.8 Å². The second-order valence-corrected chi connectivity index (χ2v) is 7.10. The van der Waals surface area contributed by atoms with Gasteiger partial charge in [-0.2, -0.15) is 0 Å². The van der Waals surface area contributed by atoms with Crippen molar-refractivity contribution in [1.29, 1.82) is 0 Å². The Morgan fingerprint density at radius 3 is 2.48 bits per heavy atom. The van der Waals surface area contributed by atoms with Gasteiger partial charge in [-0.25, -0.2) is 14.4 Å². The van der Waals surface area contributed by atoms with E-state index in [0.717, 1.165) is 43.1 Å². The lowest BCUT2D eigenvalue weighted by molar-refractivity contribution is 0.519. The Hall–Kier alpha value is -2.66. The predicted molar refractivity (Wildman–Crippen MR) is 108 cm³/mol. The fraction of sp³-hybridized carbons (Fsp3) is 0.238.